The van der Waals surface area contributed by atoms with E-state index in [1.54, 1.807) is 18.2 Å². The molecular weight excluding hydrogens is 326 g/mol. The second-order valence-electron chi connectivity index (χ2n) is 5.21. The van der Waals surface area contributed by atoms with Gasteiger partial charge in [-0.15, -0.1) is 0 Å². The second-order valence-corrected chi connectivity index (χ2v) is 6.98. The minimum atomic E-state index is -3.53. The van der Waals surface area contributed by atoms with Crippen LogP contribution in [-0.4, -0.2) is 25.9 Å². The fourth-order valence-electron chi connectivity index (χ4n) is 1.97. The lowest BCUT2D eigenvalue weighted by atomic mass is 10.1. The highest BCUT2D eigenvalue weighted by molar-refractivity contribution is 7.89. The number of aromatic hydroxyl groups is 1. The molecule has 0 atom stereocenters. The van der Waals surface area contributed by atoms with Gasteiger partial charge in [-0.25, -0.2) is 13.1 Å². The van der Waals surface area contributed by atoms with Crippen molar-refractivity contribution in [1.29, 1.82) is 0 Å². The Morgan fingerprint density at radius 2 is 1.71 bits per heavy atom. The maximum absolute atomic E-state index is 12.1. The van der Waals surface area contributed by atoms with Gasteiger partial charge < -0.3 is 5.11 Å². The Kier molecular flexibility index (Phi) is 5.89. The number of hydrogen-bond acceptors (Lipinski definition) is 4. The number of hydrogen-bond donors (Lipinski definition) is 2. The van der Waals surface area contributed by atoms with Crippen LogP contribution in [0.4, 0.5) is 0 Å². The fraction of sp³-hybridized carbons (Fsp3) is 0.167. The summed E-state index contributed by atoms with van der Waals surface area (Å²) in [4.78, 5) is 12.3. The Morgan fingerprint density at radius 3 is 2.29 bits per heavy atom. The van der Waals surface area contributed by atoms with E-state index < -0.39 is 10.0 Å². The van der Waals surface area contributed by atoms with E-state index in [1.165, 1.54) is 42.5 Å². The number of phenolic OH excluding ortho intramolecular Hbond substituents is 1. The molecule has 0 amide bonds. The monoisotopic (exact) mass is 345 g/mol. The van der Waals surface area contributed by atoms with E-state index in [2.05, 4.69) is 4.72 Å². The molecule has 0 aliphatic heterocycles. The number of sulfonamides is 1. The van der Waals surface area contributed by atoms with Gasteiger partial charge >= 0.3 is 0 Å². The lowest BCUT2D eigenvalue weighted by Gasteiger charge is -2.05. The van der Waals surface area contributed by atoms with Gasteiger partial charge in [-0.2, -0.15) is 0 Å². The molecule has 0 saturated carbocycles. The van der Waals surface area contributed by atoms with Gasteiger partial charge in [0.15, 0.2) is 5.78 Å². The molecule has 0 radical (unpaired) electrons. The number of ketones is 1. The molecule has 24 heavy (non-hydrogen) atoms. The summed E-state index contributed by atoms with van der Waals surface area (Å²) in [5.41, 5.74) is 1.18. The first-order valence-corrected chi connectivity index (χ1v) is 9.02. The quantitative estimate of drug-likeness (QED) is 0.597. The van der Waals surface area contributed by atoms with Crippen molar-refractivity contribution in [2.45, 2.75) is 18.2 Å². The molecule has 5 nitrogen and oxygen atoms in total. The highest BCUT2D eigenvalue weighted by Gasteiger charge is 2.13. The van der Waals surface area contributed by atoms with Crippen molar-refractivity contribution < 1.29 is 18.3 Å². The van der Waals surface area contributed by atoms with Crippen LogP contribution in [-0.2, 0) is 10.0 Å². The number of carbonyl (C=O) groups excluding carboxylic acids is 1. The minimum absolute atomic E-state index is 0.134. The van der Waals surface area contributed by atoms with Gasteiger partial charge in [-0.1, -0.05) is 25.1 Å². The van der Waals surface area contributed by atoms with Crippen molar-refractivity contribution >= 4 is 21.9 Å². The van der Waals surface area contributed by atoms with Crippen LogP contribution in [0.2, 0.25) is 0 Å². The molecule has 0 heterocycles. The Bertz CT molecular complexity index is 822. The summed E-state index contributed by atoms with van der Waals surface area (Å²) in [5, 5.41) is 9.21. The molecular formula is C18H19NO4S. The van der Waals surface area contributed by atoms with E-state index in [0.717, 1.165) is 5.56 Å². The Balaban J connectivity index is 2.10. The molecule has 2 aromatic carbocycles. The van der Waals surface area contributed by atoms with Crippen molar-refractivity contribution in [2.75, 3.05) is 6.54 Å². The molecule has 0 unspecified atom stereocenters. The van der Waals surface area contributed by atoms with Crippen LogP contribution in [0.1, 0.15) is 29.3 Å². The fourth-order valence-corrected chi connectivity index (χ4v) is 3.11. The average Bonchev–Trinajstić information content (AvgIpc) is 2.59. The van der Waals surface area contributed by atoms with Gasteiger partial charge in [-0.3, -0.25) is 4.79 Å². The molecule has 0 aliphatic rings. The third kappa shape index (κ3) is 4.78. The van der Waals surface area contributed by atoms with Gasteiger partial charge in [-0.05, 0) is 54.5 Å². The highest BCUT2D eigenvalue weighted by atomic mass is 32.2. The number of allylic oxidation sites excluding steroid dienone is 1. The molecule has 0 fully saturated rings. The molecule has 126 valence electrons. The Hall–Kier alpha value is -2.44. The molecule has 0 saturated heterocycles. The second kappa shape index (κ2) is 7.90. The lowest BCUT2D eigenvalue weighted by Crippen LogP contribution is -2.24. The predicted octanol–water partition coefficient (Wildman–Crippen LogP) is 2.98. The smallest absolute Gasteiger partial charge is 0.240 e. The number of rotatable bonds is 7. The molecule has 2 N–H and O–H groups in total. The third-order valence-corrected chi connectivity index (χ3v) is 4.79. The Labute approximate surface area is 141 Å². The summed E-state index contributed by atoms with van der Waals surface area (Å²) in [6.45, 7) is 2.25. The van der Waals surface area contributed by atoms with Crippen LogP contribution < -0.4 is 4.72 Å². The van der Waals surface area contributed by atoms with Gasteiger partial charge in [0, 0.05) is 12.1 Å². The summed E-state index contributed by atoms with van der Waals surface area (Å²) in [6, 6.07) is 12.3. The largest absolute Gasteiger partial charge is 0.508 e. The number of benzene rings is 2. The molecule has 2 rings (SSSR count). The zero-order valence-electron chi connectivity index (χ0n) is 13.3. The van der Waals surface area contributed by atoms with Crippen molar-refractivity contribution in [1.82, 2.24) is 4.72 Å². The van der Waals surface area contributed by atoms with Crippen LogP contribution in [0.15, 0.2) is 59.5 Å². The molecule has 0 aromatic heterocycles. The first-order valence-electron chi connectivity index (χ1n) is 7.53. The summed E-state index contributed by atoms with van der Waals surface area (Å²) < 4.78 is 26.4. The maximum Gasteiger partial charge on any atom is 0.240 e. The topological polar surface area (TPSA) is 83.5 Å². The van der Waals surface area contributed by atoms with Crippen LogP contribution >= 0.6 is 0 Å². The highest BCUT2D eigenvalue weighted by Crippen LogP contribution is 2.13. The summed E-state index contributed by atoms with van der Waals surface area (Å²) in [6.07, 6.45) is 3.75. The number of phenols is 1. The number of nitrogens with one attached hydrogen (secondary N) is 1. The number of carbonyl (C=O) groups is 1. The van der Waals surface area contributed by atoms with Gasteiger partial charge in [0.05, 0.1) is 4.90 Å². The predicted molar refractivity (Wildman–Crippen MR) is 93.4 cm³/mol. The Morgan fingerprint density at radius 1 is 1.08 bits per heavy atom. The first-order chi connectivity index (χ1) is 11.4. The SMILES string of the molecule is CCCNS(=O)(=O)c1ccc(C(=O)/C=C/c2ccc(O)cc2)cc1. The molecule has 0 aliphatic carbocycles. The molecule has 0 bridgehead atoms. The first kappa shape index (κ1) is 17.9. The van der Waals surface area contributed by atoms with Crippen molar-refractivity contribution in [3.05, 3.63) is 65.7 Å². The summed E-state index contributed by atoms with van der Waals surface area (Å²) in [7, 11) is -3.53. The van der Waals surface area contributed by atoms with E-state index >= 15 is 0 Å². The minimum Gasteiger partial charge on any atom is -0.508 e. The van der Waals surface area contributed by atoms with E-state index in [-0.39, 0.29) is 16.4 Å². The normalized spacial score (nSPS) is 11.7. The van der Waals surface area contributed by atoms with Crippen LogP contribution in [0.3, 0.4) is 0 Å². The third-order valence-electron chi connectivity index (χ3n) is 3.31. The zero-order valence-corrected chi connectivity index (χ0v) is 14.1. The van der Waals surface area contributed by atoms with Crippen LogP contribution in [0, 0.1) is 0 Å². The maximum atomic E-state index is 12.1. The van der Waals surface area contributed by atoms with Crippen molar-refractivity contribution in [2.24, 2.45) is 0 Å². The van der Waals surface area contributed by atoms with Crippen LogP contribution in [0.5, 0.6) is 5.75 Å². The standard InChI is InChI=1S/C18H19NO4S/c1-2-13-19-24(22,23)17-10-6-15(7-11-17)18(21)12-5-14-3-8-16(20)9-4-14/h3-12,19-20H,2,13H2,1H3/b12-5+. The van der Waals surface area contributed by atoms with E-state index in [4.69, 9.17) is 0 Å². The summed E-state index contributed by atoms with van der Waals surface area (Å²) in [5.74, 6) is -0.0690. The average molecular weight is 345 g/mol. The summed E-state index contributed by atoms with van der Waals surface area (Å²) >= 11 is 0. The molecule has 2 aromatic rings. The van der Waals surface area contributed by atoms with Gasteiger partial charge in [0.1, 0.15) is 5.75 Å². The van der Waals surface area contributed by atoms with Gasteiger partial charge in [0.25, 0.3) is 0 Å². The van der Waals surface area contributed by atoms with E-state index in [1.807, 2.05) is 6.92 Å². The van der Waals surface area contributed by atoms with Gasteiger partial charge in [0.2, 0.25) is 10.0 Å². The van der Waals surface area contributed by atoms with Crippen molar-refractivity contribution in [3.63, 3.8) is 0 Å². The van der Waals surface area contributed by atoms with Crippen LogP contribution in [0.25, 0.3) is 6.08 Å². The zero-order chi connectivity index (χ0) is 17.6. The molecule has 6 heteroatoms. The van der Waals surface area contributed by atoms with E-state index in [0.29, 0.717) is 18.5 Å². The molecule has 0 spiro atoms. The van der Waals surface area contributed by atoms with E-state index in [9.17, 15) is 18.3 Å². The lowest BCUT2D eigenvalue weighted by molar-refractivity contribution is 0.104. The van der Waals surface area contributed by atoms with Crippen molar-refractivity contribution in [3.8, 4) is 5.75 Å².